The van der Waals surface area contributed by atoms with Crippen molar-refractivity contribution >= 4 is 21.8 Å². The molecule has 0 saturated carbocycles. The molecule has 0 radical (unpaired) electrons. The highest BCUT2D eigenvalue weighted by Crippen LogP contribution is 2.39. The van der Waals surface area contributed by atoms with Crippen LogP contribution in [0.3, 0.4) is 0 Å². The largest absolute Gasteiger partial charge is 0.250 e. The number of hydrogen-bond acceptors (Lipinski definition) is 4. The maximum absolute atomic E-state index is 5.43. The highest BCUT2D eigenvalue weighted by atomic mass is 14.9. The van der Waals surface area contributed by atoms with Crippen molar-refractivity contribution in [1.29, 1.82) is 0 Å². The smallest absolute Gasteiger partial charge is 0.0974 e. The monoisotopic (exact) mass is 646 g/mol. The molecule has 0 aliphatic carbocycles. The van der Waals surface area contributed by atoms with Gasteiger partial charge < -0.3 is 0 Å². The third kappa shape index (κ3) is 5.83. The molecule has 0 amide bonds. The molecule has 0 aliphatic rings. The van der Waals surface area contributed by atoms with Gasteiger partial charge in [-0.3, -0.25) is 9.97 Å². The van der Waals surface area contributed by atoms with Gasteiger partial charge in [0.1, 0.15) is 0 Å². The van der Waals surface area contributed by atoms with Gasteiger partial charge in [-0.2, -0.15) is 0 Å². The van der Waals surface area contributed by atoms with Crippen molar-refractivity contribution in [2.75, 3.05) is 0 Å². The van der Waals surface area contributed by atoms with Crippen LogP contribution in [0.25, 0.3) is 78.0 Å². The number of pyridine rings is 2. The van der Waals surface area contributed by atoms with Gasteiger partial charge in [0.05, 0.1) is 33.8 Å². The molecular formula is C46H38N4. The fourth-order valence-electron chi connectivity index (χ4n) is 6.60. The van der Waals surface area contributed by atoms with Crippen LogP contribution in [-0.2, 0) is 0 Å². The van der Waals surface area contributed by atoms with Crippen molar-refractivity contribution < 1.29 is 0 Å². The molecule has 0 spiro atoms. The Hall–Kier alpha value is -6.00. The third-order valence-electron chi connectivity index (χ3n) is 9.37. The fourth-order valence-corrected chi connectivity index (χ4v) is 6.60. The maximum atomic E-state index is 5.43. The summed E-state index contributed by atoms with van der Waals surface area (Å²) in [4.78, 5) is 21.1. The van der Waals surface area contributed by atoms with Crippen LogP contribution in [0.5, 0.6) is 0 Å². The van der Waals surface area contributed by atoms with Crippen molar-refractivity contribution in [3.05, 3.63) is 157 Å². The molecule has 8 aromatic rings. The van der Waals surface area contributed by atoms with Gasteiger partial charge in [-0.25, -0.2) is 9.97 Å². The van der Waals surface area contributed by atoms with E-state index in [1.54, 1.807) is 0 Å². The average molecular weight is 647 g/mol. The van der Waals surface area contributed by atoms with Crippen LogP contribution in [0.2, 0.25) is 0 Å². The first-order valence-electron chi connectivity index (χ1n) is 17.4. The van der Waals surface area contributed by atoms with Crippen molar-refractivity contribution in [2.24, 2.45) is 0 Å². The fraction of sp³-hybridized carbons (Fsp3) is 0.130. The minimum absolute atomic E-state index is 0.268. The van der Waals surface area contributed by atoms with E-state index in [0.29, 0.717) is 5.92 Å². The summed E-state index contributed by atoms with van der Waals surface area (Å²) in [5.74, 6) is 0.604. The predicted molar refractivity (Wildman–Crippen MR) is 208 cm³/mol. The van der Waals surface area contributed by atoms with Crippen molar-refractivity contribution in [3.8, 4) is 56.2 Å². The van der Waals surface area contributed by atoms with Crippen molar-refractivity contribution in [2.45, 2.75) is 39.5 Å². The van der Waals surface area contributed by atoms with Crippen LogP contribution in [0.4, 0.5) is 0 Å². The quantitative estimate of drug-likeness (QED) is 0.162. The minimum atomic E-state index is 0.268. The summed E-state index contributed by atoms with van der Waals surface area (Å²) in [6, 6.07) is 50.8. The van der Waals surface area contributed by atoms with Gasteiger partial charge in [0.25, 0.3) is 0 Å². The molecule has 0 saturated heterocycles. The molecule has 50 heavy (non-hydrogen) atoms. The summed E-state index contributed by atoms with van der Waals surface area (Å²) in [7, 11) is 0. The lowest BCUT2D eigenvalue weighted by Gasteiger charge is -2.17. The zero-order valence-corrected chi connectivity index (χ0v) is 28.8. The highest BCUT2D eigenvalue weighted by molar-refractivity contribution is 6.08. The summed E-state index contributed by atoms with van der Waals surface area (Å²) in [5.41, 5.74) is 13.9. The second-order valence-electron chi connectivity index (χ2n) is 13.5. The van der Waals surface area contributed by atoms with E-state index >= 15 is 0 Å². The summed E-state index contributed by atoms with van der Waals surface area (Å²) >= 11 is 0. The number of aromatic nitrogens is 4. The number of rotatable bonds is 7. The Labute approximate surface area is 293 Å². The molecule has 5 aromatic carbocycles. The first-order valence-corrected chi connectivity index (χ1v) is 17.4. The molecule has 3 aromatic heterocycles. The Morgan fingerprint density at radius 1 is 0.360 bits per heavy atom. The molecule has 3 heterocycles. The van der Waals surface area contributed by atoms with Gasteiger partial charge in [-0.1, -0.05) is 161 Å². The average Bonchev–Trinajstić information content (AvgIpc) is 3.17. The number of benzene rings is 5. The van der Waals surface area contributed by atoms with E-state index in [2.05, 4.69) is 155 Å². The van der Waals surface area contributed by atoms with E-state index in [1.165, 1.54) is 0 Å². The Bertz CT molecular complexity index is 2450. The molecule has 4 nitrogen and oxygen atoms in total. The second-order valence-corrected chi connectivity index (χ2v) is 13.5. The van der Waals surface area contributed by atoms with Crippen LogP contribution in [-0.4, -0.2) is 19.9 Å². The minimum Gasteiger partial charge on any atom is -0.250 e. The molecule has 0 aliphatic heterocycles. The Morgan fingerprint density at radius 3 is 1.26 bits per heavy atom. The van der Waals surface area contributed by atoms with Crippen LogP contribution in [0.1, 0.15) is 50.9 Å². The molecule has 0 atom stereocenters. The third-order valence-corrected chi connectivity index (χ3v) is 9.37. The molecule has 8 rings (SSSR count). The molecule has 242 valence electrons. The van der Waals surface area contributed by atoms with Gasteiger partial charge in [0.15, 0.2) is 0 Å². The van der Waals surface area contributed by atoms with Crippen LogP contribution in [0.15, 0.2) is 146 Å². The van der Waals surface area contributed by atoms with E-state index in [4.69, 9.17) is 19.9 Å². The summed E-state index contributed by atoms with van der Waals surface area (Å²) < 4.78 is 0. The predicted octanol–water partition coefficient (Wildman–Crippen LogP) is 12.2. The van der Waals surface area contributed by atoms with Crippen LogP contribution in [0, 0.1) is 0 Å². The number of hydrogen-bond donors (Lipinski definition) is 0. The molecular weight excluding hydrogens is 609 g/mol. The molecule has 4 heteroatoms. The SMILES string of the molecule is CC(C)c1ccc2ccc3c(-c4ccc(-c5nc(-c6ccccc6)c(-c6ccccc6)nc5-c5ccccc5)cc4)cc(C(C)C)nc3c2n1. The zero-order valence-electron chi connectivity index (χ0n) is 28.8. The van der Waals surface area contributed by atoms with Gasteiger partial charge in [-0.05, 0) is 35.1 Å². The van der Waals surface area contributed by atoms with Gasteiger partial charge in [0.2, 0.25) is 0 Å². The maximum Gasteiger partial charge on any atom is 0.0974 e. The van der Waals surface area contributed by atoms with E-state index in [1.807, 2.05) is 18.2 Å². The summed E-state index contributed by atoms with van der Waals surface area (Å²) in [6.45, 7) is 8.77. The van der Waals surface area contributed by atoms with Crippen LogP contribution >= 0.6 is 0 Å². The lowest BCUT2D eigenvalue weighted by Crippen LogP contribution is -2.01. The highest BCUT2D eigenvalue weighted by Gasteiger charge is 2.20. The number of nitrogens with zero attached hydrogens (tertiary/aromatic N) is 4. The summed E-state index contributed by atoms with van der Waals surface area (Å²) in [6.07, 6.45) is 0. The lowest BCUT2D eigenvalue weighted by molar-refractivity contribution is 0.826. The molecule has 0 fully saturated rings. The number of fused-ring (bicyclic) bond motifs is 3. The Kier molecular flexibility index (Phi) is 8.22. The Balaban J connectivity index is 1.32. The van der Waals surface area contributed by atoms with Crippen molar-refractivity contribution in [3.63, 3.8) is 0 Å². The first kappa shape index (κ1) is 31.3. The van der Waals surface area contributed by atoms with E-state index in [9.17, 15) is 0 Å². The summed E-state index contributed by atoms with van der Waals surface area (Å²) in [5, 5.41) is 2.21. The van der Waals surface area contributed by atoms with Gasteiger partial charge in [0, 0.05) is 44.4 Å². The normalized spacial score (nSPS) is 11.6. The van der Waals surface area contributed by atoms with Crippen molar-refractivity contribution in [1.82, 2.24) is 19.9 Å². The zero-order chi connectivity index (χ0) is 34.2. The standard InChI is InChI=1S/C46H38N4/c1-29(2)39-27-25-36-24-26-37-38(28-40(30(3)4)48-46(37)45(36)47-39)31-20-22-35(23-21-31)44-43(34-18-12-7-13-19-34)49-41(32-14-8-5-9-15-32)42(50-44)33-16-10-6-11-17-33/h5-30H,1-4H3. The van der Waals surface area contributed by atoms with Gasteiger partial charge in [-0.15, -0.1) is 0 Å². The van der Waals surface area contributed by atoms with E-state index < -0.39 is 0 Å². The van der Waals surface area contributed by atoms with E-state index in [-0.39, 0.29) is 5.92 Å². The Morgan fingerprint density at radius 2 is 0.780 bits per heavy atom. The topological polar surface area (TPSA) is 51.6 Å². The lowest BCUT2D eigenvalue weighted by atomic mass is 9.94. The first-order chi connectivity index (χ1) is 24.4. The molecule has 0 bridgehead atoms. The molecule has 0 N–H and O–H groups in total. The van der Waals surface area contributed by atoms with Crippen LogP contribution < -0.4 is 0 Å². The van der Waals surface area contributed by atoms with Gasteiger partial charge >= 0.3 is 0 Å². The van der Waals surface area contributed by atoms with E-state index in [0.717, 1.165) is 89.4 Å². The second kappa shape index (κ2) is 13.1. The molecule has 0 unspecified atom stereocenters.